The van der Waals surface area contributed by atoms with Crippen LogP contribution in [0.1, 0.15) is 33.1 Å². The predicted molar refractivity (Wildman–Crippen MR) is 88.7 cm³/mol. The van der Waals surface area contributed by atoms with Crippen molar-refractivity contribution in [2.75, 3.05) is 11.9 Å². The van der Waals surface area contributed by atoms with Crippen LogP contribution < -0.4 is 11.1 Å². The SMILES string of the molecule is CC(C)(CCCCNc1cc(Cl)ccc1Br)/C(N)=N/O. The second-order valence-corrected chi connectivity index (χ2v) is 6.67. The van der Waals surface area contributed by atoms with Gasteiger partial charge in [0, 0.05) is 27.1 Å². The minimum Gasteiger partial charge on any atom is -0.409 e. The van der Waals surface area contributed by atoms with E-state index in [1.807, 2.05) is 32.0 Å². The average Bonchev–Trinajstić information content (AvgIpc) is 2.41. The monoisotopic (exact) mass is 361 g/mol. The Morgan fingerprint density at radius 1 is 1.45 bits per heavy atom. The zero-order valence-electron chi connectivity index (χ0n) is 11.8. The summed E-state index contributed by atoms with van der Waals surface area (Å²) < 4.78 is 0.999. The molecular formula is C14H21BrClN3O. The maximum Gasteiger partial charge on any atom is 0.144 e. The van der Waals surface area contributed by atoms with Crippen molar-refractivity contribution in [2.24, 2.45) is 16.3 Å². The summed E-state index contributed by atoms with van der Waals surface area (Å²) in [6.45, 7) is 4.80. The van der Waals surface area contributed by atoms with Gasteiger partial charge in [0.05, 0.1) is 0 Å². The molecule has 0 amide bonds. The second-order valence-electron chi connectivity index (χ2n) is 5.38. The van der Waals surface area contributed by atoms with Gasteiger partial charge in [-0.15, -0.1) is 0 Å². The lowest BCUT2D eigenvalue weighted by Gasteiger charge is -2.22. The molecule has 20 heavy (non-hydrogen) atoms. The molecule has 1 rings (SSSR count). The van der Waals surface area contributed by atoms with Gasteiger partial charge >= 0.3 is 0 Å². The molecule has 0 spiro atoms. The van der Waals surface area contributed by atoms with Gasteiger partial charge in [0.2, 0.25) is 0 Å². The Labute approximate surface area is 133 Å². The Morgan fingerprint density at radius 2 is 2.15 bits per heavy atom. The van der Waals surface area contributed by atoms with Gasteiger partial charge in [-0.1, -0.05) is 37.0 Å². The number of nitrogens with two attached hydrogens (primary N) is 1. The summed E-state index contributed by atoms with van der Waals surface area (Å²) in [5.74, 6) is 0.281. The minimum atomic E-state index is -0.272. The molecule has 1 aromatic rings. The summed E-state index contributed by atoms with van der Waals surface area (Å²) in [7, 11) is 0. The third-order valence-electron chi connectivity index (χ3n) is 3.27. The highest BCUT2D eigenvalue weighted by atomic mass is 79.9. The van der Waals surface area contributed by atoms with Gasteiger partial charge in [0.25, 0.3) is 0 Å². The van der Waals surface area contributed by atoms with Crippen LogP contribution in [0.5, 0.6) is 0 Å². The fourth-order valence-electron chi connectivity index (χ4n) is 1.81. The third kappa shape index (κ3) is 5.21. The summed E-state index contributed by atoms with van der Waals surface area (Å²) in [6.07, 6.45) is 2.87. The molecule has 0 heterocycles. The zero-order valence-corrected chi connectivity index (χ0v) is 14.1. The molecule has 0 saturated carbocycles. The number of amidine groups is 1. The zero-order chi connectivity index (χ0) is 15.2. The largest absolute Gasteiger partial charge is 0.409 e. The van der Waals surface area contributed by atoms with Crippen LogP contribution in [-0.2, 0) is 0 Å². The number of hydrogen-bond donors (Lipinski definition) is 3. The van der Waals surface area contributed by atoms with E-state index in [4.69, 9.17) is 22.5 Å². The van der Waals surface area contributed by atoms with Crippen LogP contribution in [-0.4, -0.2) is 17.6 Å². The lowest BCUT2D eigenvalue weighted by molar-refractivity contribution is 0.304. The maximum atomic E-state index is 8.71. The highest BCUT2D eigenvalue weighted by Crippen LogP contribution is 2.26. The van der Waals surface area contributed by atoms with Crippen LogP contribution in [0.4, 0.5) is 5.69 Å². The first kappa shape index (κ1) is 17.1. The number of nitrogens with one attached hydrogen (secondary N) is 1. The Balaban J connectivity index is 2.34. The molecule has 0 atom stereocenters. The van der Waals surface area contributed by atoms with Crippen LogP contribution in [0.25, 0.3) is 0 Å². The van der Waals surface area contributed by atoms with Gasteiger partial charge in [-0.3, -0.25) is 0 Å². The van der Waals surface area contributed by atoms with Crippen LogP contribution in [0, 0.1) is 5.41 Å². The molecule has 0 bridgehead atoms. The number of halogens is 2. The molecule has 0 fully saturated rings. The number of benzene rings is 1. The molecule has 0 aliphatic carbocycles. The van der Waals surface area contributed by atoms with E-state index in [0.29, 0.717) is 5.02 Å². The van der Waals surface area contributed by atoms with E-state index in [0.717, 1.165) is 36.0 Å². The van der Waals surface area contributed by atoms with E-state index < -0.39 is 0 Å². The van der Waals surface area contributed by atoms with Gasteiger partial charge in [-0.05, 0) is 47.0 Å². The lowest BCUT2D eigenvalue weighted by atomic mass is 9.86. The van der Waals surface area contributed by atoms with Crippen LogP contribution in [0.3, 0.4) is 0 Å². The Bertz CT molecular complexity index is 477. The van der Waals surface area contributed by atoms with Gasteiger partial charge < -0.3 is 16.3 Å². The first-order valence-electron chi connectivity index (χ1n) is 6.54. The predicted octanol–water partition coefficient (Wildman–Crippen LogP) is 4.46. The standard InChI is InChI=1S/C14H21BrClN3O/c1-14(2,13(17)19-20)7-3-4-8-18-12-9-10(16)5-6-11(12)15/h5-6,9,18,20H,3-4,7-8H2,1-2H3,(H2,17,19). The van der Waals surface area contributed by atoms with Gasteiger partial charge in [-0.25, -0.2) is 0 Å². The number of unbranched alkanes of at least 4 members (excludes halogenated alkanes) is 1. The normalized spacial score (nSPS) is 12.5. The fraction of sp³-hybridized carbons (Fsp3) is 0.500. The van der Waals surface area contributed by atoms with Crippen LogP contribution >= 0.6 is 27.5 Å². The van der Waals surface area contributed by atoms with E-state index in [1.54, 1.807) is 0 Å². The number of oxime groups is 1. The van der Waals surface area contributed by atoms with Crippen molar-refractivity contribution in [1.29, 1.82) is 0 Å². The van der Waals surface area contributed by atoms with Crippen molar-refractivity contribution in [3.8, 4) is 0 Å². The van der Waals surface area contributed by atoms with Crippen LogP contribution in [0.15, 0.2) is 27.8 Å². The van der Waals surface area contributed by atoms with Crippen LogP contribution in [0.2, 0.25) is 5.02 Å². The van der Waals surface area contributed by atoms with Gasteiger partial charge in [0.15, 0.2) is 0 Å². The van der Waals surface area contributed by atoms with Gasteiger partial charge in [-0.2, -0.15) is 0 Å². The molecule has 1 aromatic carbocycles. The maximum absolute atomic E-state index is 8.71. The Morgan fingerprint density at radius 3 is 2.80 bits per heavy atom. The van der Waals surface area contributed by atoms with E-state index in [1.165, 1.54) is 0 Å². The molecule has 4 nitrogen and oxygen atoms in total. The van der Waals surface area contributed by atoms with Crippen molar-refractivity contribution in [3.63, 3.8) is 0 Å². The van der Waals surface area contributed by atoms with Crippen molar-refractivity contribution in [1.82, 2.24) is 0 Å². The van der Waals surface area contributed by atoms with E-state index in [9.17, 15) is 0 Å². The lowest BCUT2D eigenvalue weighted by Crippen LogP contribution is -2.31. The van der Waals surface area contributed by atoms with E-state index in [-0.39, 0.29) is 11.3 Å². The number of hydrogen-bond acceptors (Lipinski definition) is 3. The summed E-state index contributed by atoms with van der Waals surface area (Å²) in [5.41, 5.74) is 6.38. The number of anilines is 1. The minimum absolute atomic E-state index is 0.272. The van der Waals surface area contributed by atoms with Crippen molar-refractivity contribution < 1.29 is 5.21 Å². The topological polar surface area (TPSA) is 70.6 Å². The molecule has 0 aliphatic rings. The Kier molecular flexibility index (Phi) is 6.62. The van der Waals surface area contributed by atoms with Crippen molar-refractivity contribution in [2.45, 2.75) is 33.1 Å². The molecule has 4 N–H and O–H groups in total. The molecule has 0 radical (unpaired) electrons. The molecule has 112 valence electrons. The summed E-state index contributed by atoms with van der Waals surface area (Å²) in [5, 5.41) is 15.8. The highest BCUT2D eigenvalue weighted by Gasteiger charge is 2.22. The summed E-state index contributed by atoms with van der Waals surface area (Å²) in [4.78, 5) is 0. The molecule has 0 unspecified atom stereocenters. The molecule has 0 saturated heterocycles. The van der Waals surface area contributed by atoms with Crippen molar-refractivity contribution in [3.05, 3.63) is 27.7 Å². The molecular weight excluding hydrogens is 342 g/mol. The average molecular weight is 363 g/mol. The summed E-state index contributed by atoms with van der Waals surface area (Å²) in [6, 6.07) is 5.66. The van der Waals surface area contributed by atoms with E-state index >= 15 is 0 Å². The second kappa shape index (κ2) is 7.74. The Hall–Kier alpha value is -0.940. The first-order valence-corrected chi connectivity index (χ1v) is 7.71. The van der Waals surface area contributed by atoms with E-state index in [2.05, 4.69) is 26.4 Å². The summed E-state index contributed by atoms with van der Waals surface area (Å²) >= 11 is 9.43. The number of rotatable bonds is 7. The highest BCUT2D eigenvalue weighted by molar-refractivity contribution is 9.10. The van der Waals surface area contributed by atoms with Gasteiger partial charge in [0.1, 0.15) is 5.84 Å². The molecule has 6 heteroatoms. The quantitative estimate of drug-likeness (QED) is 0.220. The first-order chi connectivity index (χ1) is 9.36. The molecule has 0 aromatic heterocycles. The fourth-order valence-corrected chi connectivity index (χ4v) is 2.37. The molecule has 0 aliphatic heterocycles. The van der Waals surface area contributed by atoms with Crippen molar-refractivity contribution >= 4 is 39.1 Å². The number of nitrogens with zero attached hydrogens (tertiary/aromatic N) is 1. The third-order valence-corrected chi connectivity index (χ3v) is 4.20. The smallest absolute Gasteiger partial charge is 0.144 e.